The van der Waals surface area contributed by atoms with Gasteiger partial charge < -0.3 is 14.0 Å². The highest BCUT2D eigenvalue weighted by Gasteiger charge is 2.16. The lowest BCUT2D eigenvalue weighted by atomic mass is 10.0. The summed E-state index contributed by atoms with van der Waals surface area (Å²) in [4.78, 5) is 12.3. The molecule has 0 spiro atoms. The molecule has 0 aliphatic heterocycles. The zero-order valence-electron chi connectivity index (χ0n) is 27.6. The van der Waals surface area contributed by atoms with E-state index in [2.05, 4.69) is 76.5 Å². The fourth-order valence-corrected chi connectivity index (χ4v) is 5.63. The van der Waals surface area contributed by atoms with Gasteiger partial charge in [-0.2, -0.15) is 0 Å². The molecule has 0 aliphatic carbocycles. The van der Waals surface area contributed by atoms with Gasteiger partial charge in [0.2, 0.25) is 0 Å². The van der Waals surface area contributed by atoms with Crippen molar-refractivity contribution in [2.45, 2.75) is 136 Å². The van der Waals surface area contributed by atoms with Crippen molar-refractivity contribution >= 4 is 5.97 Å². The summed E-state index contributed by atoms with van der Waals surface area (Å²) in [5.41, 5.74) is 2.65. The topological polar surface area (TPSA) is 35.5 Å². The van der Waals surface area contributed by atoms with Crippen LogP contribution in [0, 0.1) is 0 Å². The van der Waals surface area contributed by atoms with E-state index in [9.17, 15) is 4.79 Å². The van der Waals surface area contributed by atoms with Crippen LogP contribution in [0.3, 0.4) is 0 Å². The van der Waals surface area contributed by atoms with Crippen molar-refractivity contribution in [2.75, 3.05) is 27.2 Å². The van der Waals surface area contributed by atoms with E-state index in [4.69, 9.17) is 9.47 Å². The molecule has 0 radical (unpaired) electrons. The SMILES string of the molecule is CCCCCCCCCCCCCCc1ccccc1OC(C)CCOC(=O)CCCC[N+](C)(C)Cc1ccccc1. The number of quaternary nitrogens is 1. The third-order valence-electron chi connectivity index (χ3n) is 8.24. The molecule has 2 rings (SSSR count). The number of esters is 1. The van der Waals surface area contributed by atoms with Crippen molar-refractivity contribution in [1.29, 1.82) is 0 Å². The molecule has 0 amide bonds. The number of aryl methyl sites for hydroxylation is 1. The molecule has 0 heterocycles. The van der Waals surface area contributed by atoms with E-state index < -0.39 is 0 Å². The summed E-state index contributed by atoms with van der Waals surface area (Å²) in [7, 11) is 4.51. The molecule has 0 aromatic heterocycles. The van der Waals surface area contributed by atoms with Crippen LogP contribution in [0.4, 0.5) is 0 Å². The van der Waals surface area contributed by atoms with Gasteiger partial charge in [-0.1, -0.05) is 126 Å². The lowest BCUT2D eigenvalue weighted by molar-refractivity contribution is -0.903. The Labute approximate surface area is 258 Å². The van der Waals surface area contributed by atoms with Gasteiger partial charge in [-0.05, 0) is 44.2 Å². The van der Waals surface area contributed by atoms with Crippen molar-refractivity contribution in [2.24, 2.45) is 0 Å². The number of nitrogens with zero attached hydrogens (tertiary/aromatic N) is 1. The van der Waals surface area contributed by atoms with Crippen molar-refractivity contribution < 1.29 is 18.8 Å². The van der Waals surface area contributed by atoms with E-state index in [0.717, 1.165) is 42.6 Å². The minimum atomic E-state index is -0.0945. The molecule has 0 aliphatic rings. The number of carbonyl (C=O) groups is 1. The third-order valence-corrected chi connectivity index (χ3v) is 8.24. The Kier molecular flexibility index (Phi) is 19.0. The Balaban J connectivity index is 1.52. The average Bonchev–Trinajstić information content (AvgIpc) is 2.97. The van der Waals surface area contributed by atoms with Crippen molar-refractivity contribution in [3.05, 3.63) is 65.7 Å². The maximum atomic E-state index is 12.3. The summed E-state index contributed by atoms with van der Waals surface area (Å²) in [6.45, 7) is 6.82. The first kappa shape index (κ1) is 35.9. The van der Waals surface area contributed by atoms with Gasteiger partial charge in [-0.25, -0.2) is 0 Å². The van der Waals surface area contributed by atoms with Crippen LogP contribution in [0.2, 0.25) is 0 Å². The number of ether oxygens (including phenoxy) is 2. The molecule has 0 saturated carbocycles. The van der Waals surface area contributed by atoms with Crippen LogP contribution in [0.15, 0.2) is 54.6 Å². The van der Waals surface area contributed by atoms with Crippen LogP contribution in [-0.2, 0) is 22.5 Å². The summed E-state index contributed by atoms with van der Waals surface area (Å²) in [6.07, 6.45) is 20.6. The lowest BCUT2D eigenvalue weighted by Crippen LogP contribution is -2.39. The van der Waals surface area contributed by atoms with Crippen LogP contribution in [0.1, 0.15) is 128 Å². The van der Waals surface area contributed by atoms with Crippen LogP contribution in [0.25, 0.3) is 0 Å². The molecule has 2 aromatic rings. The van der Waals surface area contributed by atoms with Gasteiger partial charge in [0.25, 0.3) is 0 Å². The second kappa shape index (κ2) is 22.2. The van der Waals surface area contributed by atoms with Crippen molar-refractivity contribution in [1.82, 2.24) is 0 Å². The molecule has 4 heteroatoms. The van der Waals surface area contributed by atoms with Crippen LogP contribution >= 0.6 is 0 Å². The van der Waals surface area contributed by atoms with E-state index >= 15 is 0 Å². The van der Waals surface area contributed by atoms with Gasteiger partial charge in [0.15, 0.2) is 0 Å². The Morgan fingerprint density at radius 3 is 2.00 bits per heavy atom. The molecule has 0 saturated heterocycles. The molecule has 42 heavy (non-hydrogen) atoms. The number of rotatable bonds is 25. The largest absolute Gasteiger partial charge is 0.490 e. The maximum absolute atomic E-state index is 12.3. The normalized spacial score (nSPS) is 12.3. The Morgan fingerprint density at radius 2 is 1.33 bits per heavy atom. The first-order chi connectivity index (χ1) is 20.4. The number of hydrogen-bond acceptors (Lipinski definition) is 3. The highest BCUT2D eigenvalue weighted by atomic mass is 16.5. The molecule has 0 fully saturated rings. The minimum absolute atomic E-state index is 0.0111. The average molecular weight is 581 g/mol. The smallest absolute Gasteiger partial charge is 0.305 e. The molecule has 2 aromatic carbocycles. The fourth-order valence-electron chi connectivity index (χ4n) is 5.63. The molecule has 1 atom stereocenters. The summed E-state index contributed by atoms with van der Waals surface area (Å²) in [5, 5.41) is 0. The van der Waals surface area contributed by atoms with Gasteiger partial charge in [0, 0.05) is 18.4 Å². The van der Waals surface area contributed by atoms with Gasteiger partial charge in [0.1, 0.15) is 12.3 Å². The first-order valence-corrected chi connectivity index (χ1v) is 17.2. The summed E-state index contributed by atoms with van der Waals surface area (Å²) >= 11 is 0. The van der Waals surface area contributed by atoms with Crippen LogP contribution in [-0.4, -0.2) is 43.8 Å². The molecule has 236 valence electrons. The van der Waals surface area contributed by atoms with Gasteiger partial charge in [-0.15, -0.1) is 0 Å². The summed E-state index contributed by atoms with van der Waals surface area (Å²) < 4.78 is 12.7. The second-order valence-electron chi connectivity index (χ2n) is 12.9. The Hall–Kier alpha value is -2.33. The minimum Gasteiger partial charge on any atom is -0.490 e. The number of para-hydroxylation sites is 1. The predicted molar refractivity (Wildman–Crippen MR) is 178 cm³/mol. The molecular weight excluding hydrogens is 518 g/mol. The van der Waals surface area contributed by atoms with Crippen LogP contribution in [0.5, 0.6) is 5.75 Å². The van der Waals surface area contributed by atoms with E-state index in [0.29, 0.717) is 19.4 Å². The first-order valence-electron chi connectivity index (χ1n) is 17.2. The number of unbranched alkanes of at least 4 members (excludes halogenated alkanes) is 12. The van der Waals surface area contributed by atoms with E-state index in [-0.39, 0.29) is 12.1 Å². The summed E-state index contributed by atoms with van der Waals surface area (Å²) in [6, 6.07) is 19.0. The molecular formula is C38H62NO3+. The van der Waals surface area contributed by atoms with E-state index in [1.165, 1.54) is 88.2 Å². The summed E-state index contributed by atoms with van der Waals surface area (Å²) in [5.74, 6) is 0.888. The van der Waals surface area contributed by atoms with Gasteiger partial charge in [0.05, 0.1) is 33.4 Å². The monoisotopic (exact) mass is 580 g/mol. The number of carbonyl (C=O) groups excluding carboxylic acids is 1. The molecule has 0 bridgehead atoms. The van der Waals surface area contributed by atoms with Crippen molar-refractivity contribution in [3.63, 3.8) is 0 Å². The maximum Gasteiger partial charge on any atom is 0.305 e. The highest BCUT2D eigenvalue weighted by Crippen LogP contribution is 2.23. The Bertz CT molecular complexity index is 942. The molecule has 0 N–H and O–H groups in total. The highest BCUT2D eigenvalue weighted by molar-refractivity contribution is 5.69. The quantitative estimate of drug-likeness (QED) is 0.0666. The van der Waals surface area contributed by atoms with E-state index in [1.807, 2.05) is 6.07 Å². The predicted octanol–water partition coefficient (Wildman–Crippen LogP) is 10.1. The van der Waals surface area contributed by atoms with Gasteiger partial charge >= 0.3 is 5.97 Å². The fraction of sp³-hybridized carbons (Fsp3) is 0.658. The standard InChI is InChI=1S/C38H62NO3/c1-5-6-7-8-9-10-11-12-13-14-15-19-26-36-27-20-21-28-37(36)42-34(2)30-32-41-38(40)29-22-23-31-39(3,4)33-35-24-17-16-18-25-35/h16-18,20-21,24-25,27-28,34H,5-15,19,22-23,26,29-33H2,1-4H3/q+1. The molecule has 4 nitrogen and oxygen atoms in total. The van der Waals surface area contributed by atoms with Crippen LogP contribution < -0.4 is 4.74 Å². The number of benzene rings is 2. The Morgan fingerprint density at radius 1 is 0.738 bits per heavy atom. The van der Waals surface area contributed by atoms with E-state index in [1.54, 1.807) is 0 Å². The second-order valence-corrected chi connectivity index (χ2v) is 12.9. The van der Waals surface area contributed by atoms with Crippen molar-refractivity contribution in [3.8, 4) is 5.75 Å². The zero-order valence-corrected chi connectivity index (χ0v) is 27.6. The van der Waals surface area contributed by atoms with Gasteiger partial charge in [-0.3, -0.25) is 4.79 Å². The zero-order chi connectivity index (χ0) is 30.3. The lowest BCUT2D eigenvalue weighted by Gasteiger charge is -2.30. The number of hydrogen-bond donors (Lipinski definition) is 0. The third kappa shape index (κ3) is 17.6. The molecule has 1 unspecified atom stereocenters.